The van der Waals surface area contributed by atoms with Crippen molar-refractivity contribution in [3.05, 3.63) is 59.7 Å². The summed E-state index contributed by atoms with van der Waals surface area (Å²) in [6, 6.07) is 9.88. The molecule has 2 saturated heterocycles. The summed E-state index contributed by atoms with van der Waals surface area (Å²) < 4.78 is 7.45. The van der Waals surface area contributed by atoms with E-state index in [2.05, 4.69) is 19.9 Å². The monoisotopic (exact) mass is 433 g/mol. The molecule has 0 spiro atoms. The minimum atomic E-state index is 0. The van der Waals surface area contributed by atoms with E-state index in [0.717, 1.165) is 42.4 Å². The number of hydrogen-bond acceptors (Lipinski definition) is 4. The van der Waals surface area contributed by atoms with Crippen molar-refractivity contribution in [1.29, 1.82) is 0 Å². The molecule has 2 aliphatic heterocycles. The molecule has 3 aromatic heterocycles. The molecule has 2 fully saturated rings. The smallest absolute Gasteiger partial charge is 0.254 e. The molecular formula is C23H20ClN5O2. The van der Waals surface area contributed by atoms with Gasteiger partial charge >= 0.3 is 0 Å². The zero-order valence-electron chi connectivity index (χ0n) is 16.7. The van der Waals surface area contributed by atoms with Crippen molar-refractivity contribution < 1.29 is 9.32 Å². The number of imidazole rings is 1. The molecule has 2 aliphatic rings. The van der Waals surface area contributed by atoms with Crippen molar-refractivity contribution in [3.63, 3.8) is 0 Å². The summed E-state index contributed by atoms with van der Waals surface area (Å²) in [6.45, 7) is 7.25. The van der Waals surface area contributed by atoms with Gasteiger partial charge < -0.3 is 13.8 Å². The van der Waals surface area contributed by atoms with E-state index in [1.165, 1.54) is 6.42 Å². The molecule has 2 unspecified atom stereocenters. The number of aromatic nitrogens is 3. The van der Waals surface area contributed by atoms with Gasteiger partial charge in [0.1, 0.15) is 11.3 Å². The van der Waals surface area contributed by atoms with Gasteiger partial charge in [0.05, 0.1) is 23.8 Å². The Labute approximate surface area is 184 Å². The van der Waals surface area contributed by atoms with E-state index in [1.807, 2.05) is 22.6 Å². The number of amides is 1. The maximum atomic E-state index is 13.2. The van der Waals surface area contributed by atoms with Gasteiger partial charge in [-0.3, -0.25) is 4.79 Å². The quantitative estimate of drug-likeness (QED) is 0.404. The second-order valence-electron chi connectivity index (χ2n) is 8.14. The van der Waals surface area contributed by atoms with E-state index >= 15 is 0 Å². The highest BCUT2D eigenvalue weighted by atomic mass is 35.5. The molecule has 1 amide bonds. The van der Waals surface area contributed by atoms with Gasteiger partial charge in [0.15, 0.2) is 5.58 Å². The number of benzene rings is 1. The average molecular weight is 434 g/mol. The molecule has 0 N–H and O–H groups in total. The lowest BCUT2D eigenvalue weighted by molar-refractivity contribution is 0.0595. The van der Waals surface area contributed by atoms with Crippen LogP contribution in [-0.4, -0.2) is 37.4 Å². The largest absolute Gasteiger partial charge is 0.356 e. The molecule has 31 heavy (non-hydrogen) atoms. The Morgan fingerprint density at radius 2 is 1.94 bits per heavy atom. The Hall–Kier alpha value is -3.37. The van der Waals surface area contributed by atoms with Crippen LogP contribution in [0.3, 0.4) is 0 Å². The average Bonchev–Trinajstić information content (AvgIpc) is 3.45. The fraction of sp³-hybridized carbons (Fsp3) is 0.304. The Balaban J connectivity index is 0.00000204. The lowest BCUT2D eigenvalue weighted by Gasteiger charge is -2.34. The van der Waals surface area contributed by atoms with Crippen LogP contribution in [0.25, 0.3) is 32.8 Å². The number of hydrogen-bond donors (Lipinski definition) is 0. The first kappa shape index (κ1) is 19.6. The molecule has 6 rings (SSSR count). The van der Waals surface area contributed by atoms with E-state index in [4.69, 9.17) is 11.1 Å². The molecule has 156 valence electrons. The highest BCUT2D eigenvalue weighted by molar-refractivity contribution is 6.00. The highest BCUT2D eigenvalue weighted by Gasteiger charge is 2.39. The summed E-state index contributed by atoms with van der Waals surface area (Å²) in [6.07, 6.45) is 9.14. The van der Waals surface area contributed by atoms with Gasteiger partial charge in [-0.05, 0) is 56.4 Å². The summed E-state index contributed by atoms with van der Waals surface area (Å²) in [4.78, 5) is 23.2. The molecule has 0 radical (unpaired) electrons. The fourth-order valence-corrected chi connectivity index (χ4v) is 5.06. The van der Waals surface area contributed by atoms with Crippen LogP contribution in [0, 0.1) is 6.57 Å². The third-order valence-corrected chi connectivity index (χ3v) is 6.51. The van der Waals surface area contributed by atoms with Gasteiger partial charge in [0.2, 0.25) is 5.69 Å². The lowest BCUT2D eigenvalue weighted by Crippen LogP contribution is -2.43. The van der Waals surface area contributed by atoms with E-state index < -0.39 is 0 Å². The van der Waals surface area contributed by atoms with Crippen LogP contribution < -0.4 is 0 Å². The highest BCUT2D eigenvalue weighted by Crippen LogP contribution is 2.37. The van der Waals surface area contributed by atoms with Crippen molar-refractivity contribution in [3.8, 4) is 11.4 Å². The minimum Gasteiger partial charge on any atom is -0.356 e. The number of fused-ring (bicyclic) bond motifs is 4. The van der Waals surface area contributed by atoms with Crippen LogP contribution >= 0.6 is 12.4 Å². The SMILES string of the molecule is Cl.[C-]#[N+]c1ccc2ncc(-c3noc4cc(C(=O)N5C6CCCC5CC6)ccc34)n2c1. The van der Waals surface area contributed by atoms with Crippen LogP contribution in [0.2, 0.25) is 0 Å². The van der Waals surface area contributed by atoms with Crippen LogP contribution in [0.15, 0.2) is 47.2 Å². The van der Waals surface area contributed by atoms with Crippen molar-refractivity contribution in [2.75, 3.05) is 0 Å². The molecule has 0 saturated carbocycles. The summed E-state index contributed by atoms with van der Waals surface area (Å²) >= 11 is 0. The van der Waals surface area contributed by atoms with Gasteiger partial charge in [0, 0.05) is 23.8 Å². The molecule has 8 heteroatoms. The molecule has 0 aliphatic carbocycles. The number of carbonyl (C=O) groups excluding carboxylic acids is 1. The minimum absolute atomic E-state index is 0. The topological polar surface area (TPSA) is 68.0 Å². The van der Waals surface area contributed by atoms with Crippen molar-refractivity contribution in [2.24, 2.45) is 0 Å². The standard InChI is InChI=1S/C23H19N5O2.ClH/c1-24-15-6-10-21-25-12-19(27(21)13-15)22-18-9-5-14(11-20(18)30-26-22)23(29)28-16-3-2-4-17(28)8-7-16;/h5-6,9-13,16-17H,2-4,7-8H2;1H. The van der Waals surface area contributed by atoms with Gasteiger partial charge in [-0.25, -0.2) is 9.83 Å². The Bertz CT molecular complexity index is 1340. The van der Waals surface area contributed by atoms with E-state index in [-0.39, 0.29) is 18.3 Å². The number of piperidine rings is 1. The zero-order valence-corrected chi connectivity index (χ0v) is 17.5. The third-order valence-electron chi connectivity index (χ3n) is 6.51. The molecule has 2 bridgehead atoms. The summed E-state index contributed by atoms with van der Waals surface area (Å²) in [7, 11) is 0. The second kappa shape index (κ2) is 7.40. The molecule has 7 nitrogen and oxygen atoms in total. The van der Waals surface area contributed by atoms with Gasteiger partial charge in [-0.1, -0.05) is 11.2 Å². The van der Waals surface area contributed by atoms with E-state index in [9.17, 15) is 4.79 Å². The van der Waals surface area contributed by atoms with Crippen molar-refractivity contribution in [1.82, 2.24) is 19.4 Å². The van der Waals surface area contributed by atoms with Crippen LogP contribution in [-0.2, 0) is 0 Å². The van der Waals surface area contributed by atoms with Crippen LogP contribution in [0.4, 0.5) is 5.69 Å². The third kappa shape index (κ3) is 2.98. The molecule has 2 atom stereocenters. The first-order chi connectivity index (χ1) is 14.7. The summed E-state index contributed by atoms with van der Waals surface area (Å²) in [5.74, 6) is 0.0959. The van der Waals surface area contributed by atoms with Gasteiger partial charge in [0.25, 0.3) is 5.91 Å². The predicted molar refractivity (Wildman–Crippen MR) is 119 cm³/mol. The molecular weight excluding hydrogens is 414 g/mol. The predicted octanol–water partition coefficient (Wildman–Crippen LogP) is 5.27. The first-order valence-electron chi connectivity index (χ1n) is 10.3. The maximum absolute atomic E-state index is 13.2. The van der Waals surface area contributed by atoms with Gasteiger partial charge in [-0.2, -0.15) is 0 Å². The number of halogens is 1. The molecule has 1 aromatic carbocycles. The number of pyridine rings is 1. The first-order valence-corrected chi connectivity index (χ1v) is 10.3. The Morgan fingerprint density at radius 3 is 2.71 bits per heavy atom. The van der Waals surface area contributed by atoms with E-state index in [1.54, 1.807) is 24.5 Å². The van der Waals surface area contributed by atoms with Gasteiger partial charge in [-0.15, -0.1) is 12.4 Å². The lowest BCUT2D eigenvalue weighted by atomic mass is 10.0. The Kier molecular flexibility index (Phi) is 4.67. The normalized spacial score (nSPS) is 20.0. The summed E-state index contributed by atoms with van der Waals surface area (Å²) in [5.41, 5.74) is 3.90. The second-order valence-corrected chi connectivity index (χ2v) is 8.14. The molecule has 5 heterocycles. The molecule has 4 aromatic rings. The maximum Gasteiger partial charge on any atom is 0.254 e. The van der Waals surface area contributed by atoms with Crippen LogP contribution in [0.1, 0.15) is 42.5 Å². The summed E-state index contributed by atoms with van der Waals surface area (Å²) in [5, 5.41) is 5.08. The number of nitrogens with zero attached hydrogens (tertiary/aromatic N) is 5. The van der Waals surface area contributed by atoms with Crippen LogP contribution in [0.5, 0.6) is 0 Å². The number of rotatable bonds is 2. The zero-order chi connectivity index (χ0) is 20.2. The Morgan fingerprint density at radius 1 is 1.13 bits per heavy atom. The van der Waals surface area contributed by atoms with Crippen molar-refractivity contribution >= 4 is 40.6 Å². The van der Waals surface area contributed by atoms with Crippen molar-refractivity contribution in [2.45, 2.75) is 44.2 Å². The van der Waals surface area contributed by atoms with E-state index in [0.29, 0.717) is 34.6 Å². The number of carbonyl (C=O) groups is 1. The fourth-order valence-electron chi connectivity index (χ4n) is 5.06.